The predicted molar refractivity (Wildman–Crippen MR) is 105 cm³/mol. The molecule has 148 valence electrons. The lowest BCUT2D eigenvalue weighted by molar-refractivity contribution is 0.0987. The number of hydrogen-bond acceptors (Lipinski definition) is 5. The monoisotopic (exact) mass is 404 g/mol. The number of imidazole rings is 1. The summed E-state index contributed by atoms with van der Waals surface area (Å²) in [6, 6.07) is 11.0. The lowest BCUT2D eigenvalue weighted by Crippen LogP contribution is -2.28. The summed E-state index contributed by atoms with van der Waals surface area (Å²) in [5, 5.41) is 8.87. The average Bonchev–Trinajstić information content (AvgIpc) is 3.21. The molecule has 1 amide bonds. The number of aromatic nitrogens is 4. The molecule has 4 aromatic rings. The van der Waals surface area contributed by atoms with Crippen molar-refractivity contribution in [2.75, 3.05) is 11.9 Å². The van der Waals surface area contributed by atoms with E-state index in [2.05, 4.69) is 15.0 Å². The number of amides is 1. The maximum Gasteiger partial charge on any atom is 0.279 e. The van der Waals surface area contributed by atoms with Gasteiger partial charge in [0, 0.05) is 30.6 Å². The smallest absolute Gasteiger partial charge is 0.279 e. The molecule has 30 heavy (non-hydrogen) atoms. The lowest BCUT2D eigenvalue weighted by atomic mass is 10.1. The summed E-state index contributed by atoms with van der Waals surface area (Å²) in [6.45, 7) is 0. The van der Waals surface area contributed by atoms with Crippen LogP contribution in [0.25, 0.3) is 16.9 Å². The number of nitrogens with zero attached hydrogens (tertiary/aromatic N) is 6. The number of halogens is 2. The highest BCUT2D eigenvalue weighted by molar-refractivity contribution is 6.03. The molecule has 0 saturated heterocycles. The van der Waals surface area contributed by atoms with Crippen LogP contribution in [0.4, 0.5) is 14.6 Å². The van der Waals surface area contributed by atoms with Crippen LogP contribution in [-0.2, 0) is 0 Å². The van der Waals surface area contributed by atoms with Crippen molar-refractivity contribution in [3.05, 3.63) is 78.0 Å². The molecule has 1 aromatic carbocycles. The van der Waals surface area contributed by atoms with Crippen LogP contribution in [0.2, 0.25) is 0 Å². The summed E-state index contributed by atoms with van der Waals surface area (Å²) in [7, 11) is 1.56. The van der Waals surface area contributed by atoms with E-state index in [0.717, 1.165) is 0 Å². The van der Waals surface area contributed by atoms with Gasteiger partial charge in [-0.05, 0) is 12.1 Å². The van der Waals surface area contributed by atoms with Crippen LogP contribution >= 0.6 is 0 Å². The topological polar surface area (TPSA) is 87.2 Å². The molecule has 0 radical (unpaired) electrons. The number of nitriles is 1. The van der Waals surface area contributed by atoms with E-state index in [4.69, 9.17) is 5.26 Å². The molecule has 0 saturated carbocycles. The molecule has 3 aromatic heterocycles. The van der Waals surface area contributed by atoms with Crippen molar-refractivity contribution in [2.24, 2.45) is 0 Å². The third-order valence-corrected chi connectivity index (χ3v) is 4.60. The lowest BCUT2D eigenvalue weighted by Gasteiger charge is -2.15. The summed E-state index contributed by atoms with van der Waals surface area (Å²) < 4.78 is 27.3. The number of pyridine rings is 1. The van der Waals surface area contributed by atoms with E-state index < -0.39 is 12.3 Å². The van der Waals surface area contributed by atoms with E-state index in [1.807, 2.05) is 6.07 Å². The largest absolute Gasteiger partial charge is 0.296 e. The van der Waals surface area contributed by atoms with Crippen molar-refractivity contribution in [1.82, 2.24) is 19.4 Å². The van der Waals surface area contributed by atoms with Gasteiger partial charge in [-0.15, -0.1) is 0 Å². The number of carbonyl (C=O) groups excluding carboxylic acids is 1. The molecule has 0 aliphatic heterocycles. The van der Waals surface area contributed by atoms with Crippen LogP contribution in [-0.4, -0.2) is 32.3 Å². The van der Waals surface area contributed by atoms with Gasteiger partial charge in [0.25, 0.3) is 12.3 Å². The maximum atomic E-state index is 12.9. The zero-order valence-electron chi connectivity index (χ0n) is 15.7. The third kappa shape index (κ3) is 3.46. The molecule has 0 spiro atoms. The van der Waals surface area contributed by atoms with Crippen LogP contribution in [0, 0.1) is 11.3 Å². The first-order chi connectivity index (χ1) is 14.5. The molecular weight excluding hydrogens is 390 g/mol. The van der Waals surface area contributed by atoms with Gasteiger partial charge in [0.1, 0.15) is 17.6 Å². The van der Waals surface area contributed by atoms with Crippen molar-refractivity contribution in [3.8, 4) is 17.3 Å². The number of fused-ring (bicyclic) bond motifs is 1. The van der Waals surface area contributed by atoms with Crippen molar-refractivity contribution < 1.29 is 13.6 Å². The molecule has 3 heterocycles. The summed E-state index contributed by atoms with van der Waals surface area (Å²) in [5.74, 6) is -0.0313. The van der Waals surface area contributed by atoms with E-state index in [0.29, 0.717) is 28.3 Å². The minimum atomic E-state index is -2.54. The third-order valence-electron chi connectivity index (χ3n) is 4.60. The average molecular weight is 404 g/mol. The summed E-state index contributed by atoms with van der Waals surface area (Å²) in [4.78, 5) is 26.7. The van der Waals surface area contributed by atoms with Crippen LogP contribution in [0.1, 0.15) is 28.0 Å². The normalized spacial score (nSPS) is 10.9. The molecule has 0 unspecified atom stereocenters. The minimum absolute atomic E-state index is 0.0679. The van der Waals surface area contributed by atoms with Gasteiger partial charge in [0.15, 0.2) is 5.65 Å². The second-order valence-electron chi connectivity index (χ2n) is 6.45. The number of carbonyl (C=O) groups is 1. The highest BCUT2D eigenvalue weighted by Gasteiger charge is 2.18. The van der Waals surface area contributed by atoms with Gasteiger partial charge in [0.05, 0.1) is 23.7 Å². The van der Waals surface area contributed by atoms with Crippen LogP contribution in [0.3, 0.4) is 0 Å². The fourth-order valence-corrected chi connectivity index (χ4v) is 2.94. The van der Waals surface area contributed by atoms with Gasteiger partial charge >= 0.3 is 0 Å². The highest BCUT2D eigenvalue weighted by atomic mass is 19.3. The van der Waals surface area contributed by atoms with E-state index >= 15 is 0 Å². The first-order valence-corrected chi connectivity index (χ1v) is 8.83. The molecule has 7 nitrogen and oxygen atoms in total. The Morgan fingerprint density at radius 1 is 1.07 bits per heavy atom. The van der Waals surface area contributed by atoms with Gasteiger partial charge in [0.2, 0.25) is 0 Å². The first-order valence-electron chi connectivity index (χ1n) is 8.83. The Labute approximate surface area is 169 Å². The standard InChI is InChI=1S/C21H14F2N6O/c1-28(18-7-2-13(8-24)9-26-18)21(30)16-12-29-17(10-27-19(29)11-25-16)14-3-5-15(6-4-14)20(22)23/h2-7,9-12,20H,1H3. The van der Waals surface area contributed by atoms with Gasteiger partial charge in [-0.3, -0.25) is 14.1 Å². The van der Waals surface area contributed by atoms with Crippen molar-refractivity contribution in [2.45, 2.75) is 6.43 Å². The fraction of sp³-hybridized carbons (Fsp3) is 0.0952. The highest BCUT2D eigenvalue weighted by Crippen LogP contribution is 2.25. The second kappa shape index (κ2) is 7.67. The molecule has 0 fully saturated rings. The van der Waals surface area contributed by atoms with Gasteiger partial charge in [-0.2, -0.15) is 5.26 Å². The van der Waals surface area contributed by atoms with Gasteiger partial charge in [-0.1, -0.05) is 24.3 Å². The molecular formula is C21H14F2N6O. The molecule has 4 rings (SSSR count). The van der Waals surface area contributed by atoms with Crippen LogP contribution in [0.5, 0.6) is 0 Å². The zero-order chi connectivity index (χ0) is 21.3. The quantitative estimate of drug-likeness (QED) is 0.515. The molecule has 0 bridgehead atoms. The van der Waals surface area contributed by atoms with E-state index in [-0.39, 0.29) is 11.3 Å². The Morgan fingerprint density at radius 3 is 2.47 bits per heavy atom. The van der Waals surface area contributed by atoms with Crippen molar-refractivity contribution in [1.29, 1.82) is 5.26 Å². The number of alkyl halides is 2. The SMILES string of the molecule is CN(C(=O)c1cn2c(-c3ccc(C(F)F)cc3)cnc2cn1)c1ccc(C#N)cn1. The Hall–Kier alpha value is -4.19. The fourth-order valence-electron chi connectivity index (χ4n) is 2.94. The summed E-state index contributed by atoms with van der Waals surface area (Å²) >= 11 is 0. The summed E-state index contributed by atoms with van der Waals surface area (Å²) in [5.41, 5.74) is 2.31. The number of anilines is 1. The van der Waals surface area contributed by atoms with Gasteiger partial charge < -0.3 is 0 Å². The first kappa shape index (κ1) is 19.1. The van der Waals surface area contributed by atoms with Crippen molar-refractivity contribution >= 4 is 17.4 Å². The molecule has 0 aliphatic rings. The van der Waals surface area contributed by atoms with Crippen molar-refractivity contribution in [3.63, 3.8) is 0 Å². The van der Waals surface area contributed by atoms with E-state index in [1.165, 1.54) is 29.4 Å². The second-order valence-corrected chi connectivity index (χ2v) is 6.45. The Bertz CT molecular complexity index is 1260. The molecule has 0 atom stereocenters. The molecule has 0 N–H and O–H groups in total. The minimum Gasteiger partial charge on any atom is -0.296 e. The number of benzene rings is 1. The Kier molecular flexibility index (Phi) is 4.90. The predicted octanol–water partition coefficient (Wildman–Crippen LogP) is 3.88. The Balaban J connectivity index is 1.68. The zero-order valence-corrected chi connectivity index (χ0v) is 15.7. The Morgan fingerprint density at radius 2 is 1.83 bits per heavy atom. The van der Waals surface area contributed by atoms with Gasteiger partial charge in [-0.25, -0.2) is 23.7 Å². The van der Waals surface area contributed by atoms with E-state index in [1.54, 1.807) is 48.1 Å². The molecule has 0 aliphatic carbocycles. The van der Waals surface area contributed by atoms with E-state index in [9.17, 15) is 13.6 Å². The summed E-state index contributed by atoms with van der Waals surface area (Å²) in [6.07, 6.45) is 3.44. The number of rotatable bonds is 4. The van der Waals surface area contributed by atoms with Crippen LogP contribution < -0.4 is 4.90 Å². The van der Waals surface area contributed by atoms with Crippen LogP contribution in [0.15, 0.2) is 61.2 Å². The molecule has 9 heteroatoms. The maximum absolute atomic E-state index is 12.9. The number of hydrogen-bond donors (Lipinski definition) is 0.